The van der Waals surface area contributed by atoms with Crippen LogP contribution in [-0.4, -0.2) is 11.7 Å². The molecular formula is C17H20FNO2. The Balaban J connectivity index is 2.11. The van der Waals surface area contributed by atoms with Gasteiger partial charge in [-0.3, -0.25) is 0 Å². The third-order valence-corrected chi connectivity index (χ3v) is 3.15. The highest BCUT2D eigenvalue weighted by atomic mass is 19.1. The minimum Gasteiger partial charge on any atom is -0.508 e. The number of hydrogen-bond acceptors (Lipinski definition) is 3. The summed E-state index contributed by atoms with van der Waals surface area (Å²) in [5.41, 5.74) is 1.38. The third kappa shape index (κ3) is 4.12. The van der Waals surface area contributed by atoms with Gasteiger partial charge in [0.05, 0.1) is 12.6 Å². The van der Waals surface area contributed by atoms with E-state index in [2.05, 4.69) is 12.2 Å². The Bertz CT molecular complexity index is 601. The summed E-state index contributed by atoms with van der Waals surface area (Å²) in [6.07, 6.45) is 0.950. The van der Waals surface area contributed by atoms with Crippen LogP contribution in [0.3, 0.4) is 0 Å². The molecular weight excluding hydrogens is 269 g/mol. The van der Waals surface area contributed by atoms with Gasteiger partial charge >= 0.3 is 0 Å². The lowest BCUT2D eigenvalue weighted by Gasteiger charge is -2.17. The summed E-state index contributed by atoms with van der Waals surface area (Å²) in [6.45, 7) is 4.59. The molecule has 2 N–H and O–H groups in total. The Morgan fingerprint density at radius 2 is 2.05 bits per heavy atom. The lowest BCUT2D eigenvalue weighted by Crippen LogP contribution is -2.07. The lowest BCUT2D eigenvalue weighted by atomic mass is 10.1. The van der Waals surface area contributed by atoms with Gasteiger partial charge in [0.15, 0.2) is 0 Å². The third-order valence-electron chi connectivity index (χ3n) is 3.15. The van der Waals surface area contributed by atoms with Crippen molar-refractivity contribution in [1.82, 2.24) is 0 Å². The summed E-state index contributed by atoms with van der Waals surface area (Å²) in [6, 6.07) is 11.3. The first-order chi connectivity index (χ1) is 10.1. The van der Waals surface area contributed by atoms with Crippen molar-refractivity contribution in [1.29, 1.82) is 0 Å². The summed E-state index contributed by atoms with van der Waals surface area (Å²) in [5.74, 6) is 0.504. The molecule has 0 saturated carbocycles. The Kier molecular flexibility index (Phi) is 5.04. The molecule has 0 radical (unpaired) electrons. The average Bonchev–Trinajstić information content (AvgIpc) is 2.48. The maximum absolute atomic E-state index is 13.3. The number of aromatic hydroxyl groups is 1. The van der Waals surface area contributed by atoms with Crippen molar-refractivity contribution < 1.29 is 14.2 Å². The minimum absolute atomic E-state index is 0.0785. The molecule has 0 amide bonds. The molecule has 1 atom stereocenters. The van der Waals surface area contributed by atoms with Crippen molar-refractivity contribution in [3.63, 3.8) is 0 Å². The standard InChI is InChI=1S/C17H20FNO2/c1-3-9-21-15-6-4-5-14(11-15)19-12(2)16-10-13(18)7-8-17(16)20/h4-8,10-12,19-20H,3,9H2,1-2H3. The smallest absolute Gasteiger partial charge is 0.123 e. The van der Waals surface area contributed by atoms with Crippen LogP contribution in [0.1, 0.15) is 31.9 Å². The van der Waals surface area contributed by atoms with Crippen molar-refractivity contribution in [3.8, 4) is 11.5 Å². The number of anilines is 1. The monoisotopic (exact) mass is 289 g/mol. The molecule has 2 rings (SSSR count). The van der Waals surface area contributed by atoms with Crippen LogP contribution in [0.2, 0.25) is 0 Å². The van der Waals surface area contributed by atoms with Gasteiger partial charge < -0.3 is 15.2 Å². The van der Waals surface area contributed by atoms with Crippen LogP contribution in [0, 0.1) is 5.82 Å². The largest absolute Gasteiger partial charge is 0.508 e. The number of nitrogens with one attached hydrogen (secondary N) is 1. The molecule has 0 aliphatic rings. The number of benzene rings is 2. The van der Waals surface area contributed by atoms with Crippen molar-refractivity contribution in [3.05, 3.63) is 53.8 Å². The van der Waals surface area contributed by atoms with Gasteiger partial charge in [-0.15, -0.1) is 0 Å². The van der Waals surface area contributed by atoms with Gasteiger partial charge in [-0.05, 0) is 43.7 Å². The predicted octanol–water partition coefficient (Wildman–Crippen LogP) is 4.49. The molecule has 0 bridgehead atoms. The molecule has 0 aromatic heterocycles. The predicted molar refractivity (Wildman–Crippen MR) is 82.3 cm³/mol. The van der Waals surface area contributed by atoms with Gasteiger partial charge in [0.1, 0.15) is 17.3 Å². The zero-order valence-electron chi connectivity index (χ0n) is 12.3. The van der Waals surface area contributed by atoms with Crippen molar-refractivity contribution in [2.45, 2.75) is 26.3 Å². The van der Waals surface area contributed by atoms with E-state index in [1.807, 2.05) is 31.2 Å². The van der Waals surface area contributed by atoms with Crippen LogP contribution in [-0.2, 0) is 0 Å². The van der Waals surface area contributed by atoms with Gasteiger partial charge in [0, 0.05) is 17.3 Å². The van der Waals surface area contributed by atoms with E-state index in [-0.39, 0.29) is 17.6 Å². The van der Waals surface area contributed by atoms with Crippen molar-refractivity contribution in [2.75, 3.05) is 11.9 Å². The van der Waals surface area contributed by atoms with E-state index in [4.69, 9.17) is 4.74 Å². The fourth-order valence-corrected chi connectivity index (χ4v) is 2.10. The summed E-state index contributed by atoms with van der Waals surface area (Å²) in [5, 5.41) is 13.1. The zero-order chi connectivity index (χ0) is 15.2. The molecule has 4 heteroatoms. The lowest BCUT2D eigenvalue weighted by molar-refractivity contribution is 0.317. The second kappa shape index (κ2) is 6.97. The molecule has 1 unspecified atom stereocenters. The Hall–Kier alpha value is -2.23. The summed E-state index contributed by atoms with van der Waals surface area (Å²) in [4.78, 5) is 0. The highest BCUT2D eigenvalue weighted by molar-refractivity contribution is 5.51. The Labute approximate surface area is 124 Å². The highest BCUT2D eigenvalue weighted by Crippen LogP contribution is 2.28. The van der Waals surface area contributed by atoms with Gasteiger partial charge in [0.2, 0.25) is 0 Å². The molecule has 0 aliphatic carbocycles. The van der Waals surface area contributed by atoms with Crippen LogP contribution in [0.4, 0.5) is 10.1 Å². The van der Waals surface area contributed by atoms with Gasteiger partial charge in [-0.2, -0.15) is 0 Å². The van der Waals surface area contributed by atoms with E-state index in [1.54, 1.807) is 0 Å². The van der Waals surface area contributed by atoms with E-state index < -0.39 is 0 Å². The van der Waals surface area contributed by atoms with E-state index in [1.165, 1.54) is 18.2 Å². The van der Waals surface area contributed by atoms with Crippen molar-refractivity contribution in [2.24, 2.45) is 0 Å². The fraction of sp³-hybridized carbons (Fsp3) is 0.294. The quantitative estimate of drug-likeness (QED) is 0.823. The summed E-state index contributed by atoms with van der Waals surface area (Å²) < 4.78 is 18.9. The molecule has 0 spiro atoms. The van der Waals surface area contributed by atoms with Crippen molar-refractivity contribution >= 4 is 5.69 Å². The number of ether oxygens (including phenoxy) is 1. The number of phenols is 1. The van der Waals surface area contributed by atoms with Crippen LogP contribution in [0.25, 0.3) is 0 Å². The maximum atomic E-state index is 13.3. The topological polar surface area (TPSA) is 41.5 Å². The number of halogens is 1. The molecule has 2 aromatic carbocycles. The fourth-order valence-electron chi connectivity index (χ4n) is 2.10. The number of hydrogen-bond donors (Lipinski definition) is 2. The summed E-state index contributed by atoms with van der Waals surface area (Å²) in [7, 11) is 0. The molecule has 21 heavy (non-hydrogen) atoms. The normalized spacial score (nSPS) is 12.0. The SMILES string of the molecule is CCCOc1cccc(NC(C)c2cc(F)ccc2O)c1. The van der Waals surface area contributed by atoms with E-state index in [0.717, 1.165) is 17.9 Å². The first kappa shape index (κ1) is 15.2. The number of phenolic OH excluding ortho intramolecular Hbond substituents is 1. The maximum Gasteiger partial charge on any atom is 0.123 e. The second-order valence-corrected chi connectivity index (χ2v) is 4.95. The second-order valence-electron chi connectivity index (χ2n) is 4.95. The summed E-state index contributed by atoms with van der Waals surface area (Å²) >= 11 is 0. The molecule has 0 heterocycles. The molecule has 3 nitrogen and oxygen atoms in total. The minimum atomic E-state index is -0.364. The van der Waals surface area contributed by atoms with E-state index in [9.17, 15) is 9.50 Å². The molecule has 0 saturated heterocycles. The number of rotatable bonds is 6. The van der Waals surface area contributed by atoms with Gasteiger partial charge in [-0.25, -0.2) is 4.39 Å². The van der Waals surface area contributed by atoms with Crippen LogP contribution in [0.5, 0.6) is 11.5 Å². The molecule has 112 valence electrons. The van der Waals surface area contributed by atoms with Crippen LogP contribution >= 0.6 is 0 Å². The Morgan fingerprint density at radius 1 is 1.24 bits per heavy atom. The zero-order valence-corrected chi connectivity index (χ0v) is 12.3. The average molecular weight is 289 g/mol. The molecule has 2 aromatic rings. The van der Waals surface area contributed by atoms with E-state index in [0.29, 0.717) is 12.2 Å². The highest BCUT2D eigenvalue weighted by Gasteiger charge is 2.11. The van der Waals surface area contributed by atoms with Crippen LogP contribution < -0.4 is 10.1 Å². The van der Waals surface area contributed by atoms with E-state index >= 15 is 0 Å². The van der Waals surface area contributed by atoms with Gasteiger partial charge in [-0.1, -0.05) is 13.0 Å². The Morgan fingerprint density at radius 3 is 2.81 bits per heavy atom. The molecule has 0 fully saturated rings. The first-order valence-electron chi connectivity index (χ1n) is 7.08. The van der Waals surface area contributed by atoms with Gasteiger partial charge in [0.25, 0.3) is 0 Å². The van der Waals surface area contributed by atoms with Crippen LogP contribution in [0.15, 0.2) is 42.5 Å². The first-order valence-corrected chi connectivity index (χ1v) is 7.08. The molecule has 0 aliphatic heterocycles.